The molecule has 0 aromatic heterocycles. The van der Waals surface area contributed by atoms with Crippen molar-refractivity contribution in [3.05, 3.63) is 28.8 Å². The predicted octanol–water partition coefficient (Wildman–Crippen LogP) is 2.73. The van der Waals surface area contributed by atoms with Gasteiger partial charge in [0.15, 0.2) is 0 Å². The smallest absolute Gasteiger partial charge is 0.207 e. The molecule has 0 aliphatic carbocycles. The van der Waals surface area contributed by atoms with E-state index in [1.165, 1.54) is 6.07 Å². The van der Waals surface area contributed by atoms with E-state index in [4.69, 9.17) is 11.6 Å². The molecule has 0 aliphatic heterocycles. The average molecular weight is 262 g/mol. The molecule has 0 radical (unpaired) electrons. The molecule has 1 N–H and O–H groups in total. The van der Waals surface area contributed by atoms with Gasteiger partial charge in [0, 0.05) is 10.6 Å². The Morgan fingerprint density at radius 3 is 2.25 bits per heavy atom. The fourth-order valence-corrected chi connectivity index (χ4v) is 3.25. The van der Waals surface area contributed by atoms with Gasteiger partial charge in [0.1, 0.15) is 0 Å². The lowest BCUT2D eigenvalue weighted by Crippen LogP contribution is -2.40. The minimum absolute atomic E-state index is 0.270. The van der Waals surface area contributed by atoms with Gasteiger partial charge in [-0.1, -0.05) is 11.6 Å². The molecule has 0 saturated heterocycles. The molecule has 0 spiro atoms. The van der Waals surface area contributed by atoms with Crippen LogP contribution in [0.1, 0.15) is 26.3 Å². The van der Waals surface area contributed by atoms with Gasteiger partial charge < -0.3 is 0 Å². The van der Waals surface area contributed by atoms with Crippen LogP contribution in [0.15, 0.2) is 23.1 Å². The first kappa shape index (κ1) is 13.5. The molecule has 0 heterocycles. The Morgan fingerprint density at radius 2 is 1.81 bits per heavy atom. The summed E-state index contributed by atoms with van der Waals surface area (Å²) in [4.78, 5) is 0.270. The summed E-state index contributed by atoms with van der Waals surface area (Å²) in [6.45, 7) is 7.13. The first-order valence-corrected chi connectivity index (χ1v) is 6.78. The second kappa shape index (κ2) is 4.35. The lowest BCUT2D eigenvalue weighted by molar-refractivity contribution is 0.491. The molecule has 3 nitrogen and oxygen atoms in total. The molecule has 0 aliphatic rings. The minimum Gasteiger partial charge on any atom is -0.207 e. The van der Waals surface area contributed by atoms with Crippen molar-refractivity contribution in [2.75, 3.05) is 0 Å². The van der Waals surface area contributed by atoms with Crippen LogP contribution in [0.25, 0.3) is 0 Å². The molecule has 5 heteroatoms. The molecule has 0 fully saturated rings. The highest BCUT2D eigenvalue weighted by molar-refractivity contribution is 7.89. The van der Waals surface area contributed by atoms with Gasteiger partial charge in [-0.3, -0.25) is 0 Å². The Hall–Kier alpha value is -0.580. The number of nitrogens with one attached hydrogen (secondary N) is 1. The minimum atomic E-state index is -3.47. The van der Waals surface area contributed by atoms with Gasteiger partial charge in [-0.2, -0.15) is 0 Å². The predicted molar refractivity (Wildman–Crippen MR) is 66.3 cm³/mol. The molecule has 1 aromatic carbocycles. The third-order valence-electron chi connectivity index (χ3n) is 1.87. The standard InChI is InChI=1S/C11H16ClNO2S/c1-8-7-9(12)5-6-10(8)16(14,15)13-11(2,3)4/h5-7,13H,1-4H3. The normalized spacial score (nSPS) is 12.8. The molecule has 1 rings (SSSR count). The Morgan fingerprint density at radius 1 is 1.25 bits per heavy atom. The Balaban J connectivity index is 3.18. The monoisotopic (exact) mass is 261 g/mol. The maximum absolute atomic E-state index is 12.0. The average Bonchev–Trinajstić information content (AvgIpc) is 1.97. The Kier molecular flexibility index (Phi) is 3.67. The molecule has 1 aromatic rings. The van der Waals surface area contributed by atoms with Crippen molar-refractivity contribution in [1.82, 2.24) is 4.72 Å². The summed E-state index contributed by atoms with van der Waals surface area (Å²) in [6.07, 6.45) is 0. The molecular formula is C11H16ClNO2S. The lowest BCUT2D eigenvalue weighted by atomic mass is 10.1. The van der Waals surface area contributed by atoms with Gasteiger partial charge in [0.05, 0.1) is 4.90 Å². The van der Waals surface area contributed by atoms with Crippen molar-refractivity contribution in [1.29, 1.82) is 0 Å². The summed E-state index contributed by atoms with van der Waals surface area (Å²) in [5, 5.41) is 0.534. The van der Waals surface area contributed by atoms with E-state index < -0.39 is 15.6 Å². The molecule has 0 amide bonds. The van der Waals surface area contributed by atoms with Gasteiger partial charge in [-0.15, -0.1) is 0 Å². The molecule has 0 saturated carbocycles. The van der Waals surface area contributed by atoms with Gasteiger partial charge in [0.25, 0.3) is 0 Å². The summed E-state index contributed by atoms with van der Waals surface area (Å²) in [5.74, 6) is 0. The zero-order valence-electron chi connectivity index (χ0n) is 9.83. The van der Waals surface area contributed by atoms with Crippen molar-refractivity contribution in [2.45, 2.75) is 38.1 Å². The SMILES string of the molecule is Cc1cc(Cl)ccc1S(=O)(=O)NC(C)(C)C. The van der Waals surface area contributed by atoms with E-state index >= 15 is 0 Å². The van der Waals surface area contributed by atoms with E-state index in [-0.39, 0.29) is 4.90 Å². The molecule has 0 bridgehead atoms. The topological polar surface area (TPSA) is 46.2 Å². The maximum Gasteiger partial charge on any atom is 0.241 e. The second-order valence-corrected chi connectivity index (χ2v) is 6.85. The number of halogens is 1. The molecule has 0 unspecified atom stereocenters. The molecule has 16 heavy (non-hydrogen) atoms. The number of benzene rings is 1. The zero-order chi connectivity index (χ0) is 12.6. The van der Waals surface area contributed by atoms with Crippen LogP contribution in [0.3, 0.4) is 0 Å². The van der Waals surface area contributed by atoms with Crippen molar-refractivity contribution in [2.24, 2.45) is 0 Å². The van der Waals surface area contributed by atoms with E-state index in [1.54, 1.807) is 39.8 Å². The highest BCUT2D eigenvalue weighted by Gasteiger charge is 2.23. The van der Waals surface area contributed by atoms with Crippen molar-refractivity contribution >= 4 is 21.6 Å². The molecular weight excluding hydrogens is 246 g/mol. The van der Waals surface area contributed by atoms with Crippen LogP contribution in [0.4, 0.5) is 0 Å². The van der Waals surface area contributed by atoms with Crippen LogP contribution in [0.5, 0.6) is 0 Å². The Labute approximate surface area is 102 Å². The van der Waals surface area contributed by atoms with Crippen LogP contribution < -0.4 is 4.72 Å². The van der Waals surface area contributed by atoms with E-state index in [0.29, 0.717) is 10.6 Å². The first-order valence-electron chi connectivity index (χ1n) is 4.92. The fraction of sp³-hybridized carbons (Fsp3) is 0.455. The number of sulfonamides is 1. The van der Waals surface area contributed by atoms with Gasteiger partial charge >= 0.3 is 0 Å². The maximum atomic E-state index is 12.0. The van der Waals surface area contributed by atoms with E-state index in [2.05, 4.69) is 4.72 Å². The van der Waals surface area contributed by atoms with E-state index in [0.717, 1.165) is 0 Å². The van der Waals surface area contributed by atoms with Crippen LogP contribution in [-0.4, -0.2) is 14.0 Å². The summed E-state index contributed by atoms with van der Waals surface area (Å²) in [6, 6.07) is 4.73. The highest BCUT2D eigenvalue weighted by atomic mass is 35.5. The Bertz CT molecular complexity index is 489. The third-order valence-corrected chi connectivity index (χ3v) is 4.02. The van der Waals surface area contributed by atoms with Crippen molar-refractivity contribution in [3.63, 3.8) is 0 Å². The van der Waals surface area contributed by atoms with Gasteiger partial charge in [0.2, 0.25) is 10.0 Å². The van der Waals surface area contributed by atoms with E-state index in [9.17, 15) is 8.42 Å². The zero-order valence-corrected chi connectivity index (χ0v) is 11.4. The number of rotatable bonds is 2. The quantitative estimate of drug-likeness (QED) is 0.890. The number of hydrogen-bond donors (Lipinski definition) is 1. The van der Waals surface area contributed by atoms with Crippen LogP contribution >= 0.6 is 11.6 Å². The summed E-state index contributed by atoms with van der Waals surface area (Å²) < 4.78 is 26.7. The summed E-state index contributed by atoms with van der Waals surface area (Å²) in [5.41, 5.74) is 0.148. The second-order valence-electron chi connectivity index (χ2n) is 4.77. The van der Waals surface area contributed by atoms with Crippen LogP contribution in [0.2, 0.25) is 5.02 Å². The largest absolute Gasteiger partial charge is 0.241 e. The first-order chi connectivity index (χ1) is 7.12. The lowest BCUT2D eigenvalue weighted by Gasteiger charge is -2.21. The highest BCUT2D eigenvalue weighted by Crippen LogP contribution is 2.20. The van der Waals surface area contributed by atoms with Crippen molar-refractivity contribution in [3.8, 4) is 0 Å². The number of aryl methyl sites for hydroxylation is 1. The van der Waals surface area contributed by atoms with Gasteiger partial charge in [-0.05, 0) is 51.5 Å². The fourth-order valence-electron chi connectivity index (χ4n) is 1.37. The third kappa shape index (κ3) is 3.47. The molecule has 0 atom stereocenters. The summed E-state index contributed by atoms with van der Waals surface area (Å²) >= 11 is 5.78. The summed E-state index contributed by atoms with van der Waals surface area (Å²) in [7, 11) is -3.47. The van der Waals surface area contributed by atoms with E-state index in [1.807, 2.05) is 0 Å². The van der Waals surface area contributed by atoms with Crippen molar-refractivity contribution < 1.29 is 8.42 Å². The van der Waals surface area contributed by atoms with Gasteiger partial charge in [-0.25, -0.2) is 13.1 Å². The molecule has 90 valence electrons. The van der Waals surface area contributed by atoms with Crippen LogP contribution in [-0.2, 0) is 10.0 Å². The number of hydrogen-bond acceptors (Lipinski definition) is 2. The van der Waals surface area contributed by atoms with Crippen LogP contribution in [0, 0.1) is 6.92 Å².